The average Bonchev–Trinajstić information content (AvgIpc) is 2.20. The van der Waals surface area contributed by atoms with Gasteiger partial charge in [-0.25, -0.2) is 0 Å². The highest BCUT2D eigenvalue weighted by Gasteiger charge is 2.03. The highest BCUT2D eigenvalue weighted by Crippen LogP contribution is 2.20. The van der Waals surface area contributed by atoms with E-state index in [1.165, 1.54) is 14.8 Å². The van der Waals surface area contributed by atoms with Crippen LogP contribution in [-0.4, -0.2) is 19.8 Å². The second-order valence-corrected chi connectivity index (χ2v) is 4.50. The van der Waals surface area contributed by atoms with Gasteiger partial charge in [0.25, 0.3) is 0 Å². The molecule has 0 aromatic heterocycles. The highest BCUT2D eigenvalue weighted by atomic mass is 127. The molecule has 1 aromatic carbocycles. The first-order valence-corrected chi connectivity index (χ1v) is 5.74. The summed E-state index contributed by atoms with van der Waals surface area (Å²) < 4.78 is 6.47. The summed E-state index contributed by atoms with van der Waals surface area (Å²) in [5.41, 5.74) is 2.50. The summed E-state index contributed by atoms with van der Waals surface area (Å²) in [6, 6.07) is 6.27. The standard InChI is InChI=1S/C11H16INO/c1-8(14-3)7-13-11-6-4-5-10(12)9(11)2/h4-6,8,13H,7H2,1-3H3. The molecular weight excluding hydrogens is 289 g/mol. The van der Waals surface area contributed by atoms with Crippen LogP contribution in [0.2, 0.25) is 0 Å². The second-order valence-electron chi connectivity index (χ2n) is 3.34. The molecule has 0 saturated carbocycles. The molecule has 1 N–H and O–H groups in total. The number of hydrogen-bond donors (Lipinski definition) is 1. The number of benzene rings is 1. The summed E-state index contributed by atoms with van der Waals surface area (Å²) in [5.74, 6) is 0. The molecule has 1 aromatic rings. The van der Waals surface area contributed by atoms with Gasteiger partial charge in [-0.05, 0) is 54.1 Å². The van der Waals surface area contributed by atoms with E-state index in [2.05, 4.69) is 60.0 Å². The van der Waals surface area contributed by atoms with Crippen molar-refractivity contribution in [2.45, 2.75) is 20.0 Å². The highest BCUT2D eigenvalue weighted by molar-refractivity contribution is 14.1. The Labute approximate surface area is 99.2 Å². The van der Waals surface area contributed by atoms with E-state index < -0.39 is 0 Å². The van der Waals surface area contributed by atoms with E-state index in [0.29, 0.717) is 0 Å². The van der Waals surface area contributed by atoms with Crippen LogP contribution in [0.4, 0.5) is 5.69 Å². The maximum atomic E-state index is 5.18. The SMILES string of the molecule is COC(C)CNc1cccc(I)c1C. The average molecular weight is 305 g/mol. The Morgan fingerprint density at radius 3 is 2.86 bits per heavy atom. The number of halogens is 1. The third-order valence-corrected chi connectivity index (χ3v) is 3.42. The van der Waals surface area contributed by atoms with Crippen molar-refractivity contribution >= 4 is 28.3 Å². The molecule has 0 radical (unpaired) electrons. The first-order chi connectivity index (χ1) is 6.65. The predicted molar refractivity (Wildman–Crippen MR) is 68.9 cm³/mol. The van der Waals surface area contributed by atoms with E-state index in [9.17, 15) is 0 Å². The lowest BCUT2D eigenvalue weighted by atomic mass is 10.2. The van der Waals surface area contributed by atoms with Gasteiger partial charge in [-0.2, -0.15) is 0 Å². The molecule has 3 heteroatoms. The van der Waals surface area contributed by atoms with Crippen LogP contribution in [0.5, 0.6) is 0 Å². The predicted octanol–water partition coefficient (Wildman–Crippen LogP) is 3.05. The zero-order chi connectivity index (χ0) is 10.6. The molecule has 1 unspecified atom stereocenters. The molecule has 78 valence electrons. The minimum absolute atomic E-state index is 0.243. The first-order valence-electron chi connectivity index (χ1n) is 4.67. The second kappa shape index (κ2) is 5.56. The topological polar surface area (TPSA) is 21.3 Å². The monoisotopic (exact) mass is 305 g/mol. The Morgan fingerprint density at radius 2 is 2.21 bits per heavy atom. The fourth-order valence-corrected chi connectivity index (χ4v) is 1.63. The first kappa shape index (κ1) is 11.8. The minimum atomic E-state index is 0.243. The number of methoxy groups -OCH3 is 1. The minimum Gasteiger partial charge on any atom is -0.382 e. The van der Waals surface area contributed by atoms with E-state index in [1.54, 1.807) is 7.11 Å². The van der Waals surface area contributed by atoms with Crippen molar-refractivity contribution in [3.8, 4) is 0 Å². The molecule has 1 rings (SSSR count). The molecule has 0 heterocycles. The zero-order valence-electron chi connectivity index (χ0n) is 8.80. The van der Waals surface area contributed by atoms with Crippen LogP contribution >= 0.6 is 22.6 Å². The zero-order valence-corrected chi connectivity index (χ0v) is 11.0. The van der Waals surface area contributed by atoms with E-state index >= 15 is 0 Å². The molecule has 0 fully saturated rings. The number of nitrogens with one attached hydrogen (secondary N) is 1. The van der Waals surface area contributed by atoms with Gasteiger partial charge in [0.05, 0.1) is 6.10 Å². The molecule has 0 aliphatic carbocycles. The van der Waals surface area contributed by atoms with Crippen molar-refractivity contribution in [2.75, 3.05) is 19.0 Å². The quantitative estimate of drug-likeness (QED) is 0.863. The van der Waals surface area contributed by atoms with Crippen molar-refractivity contribution < 1.29 is 4.74 Å². The summed E-state index contributed by atoms with van der Waals surface area (Å²) in [6.07, 6.45) is 0.243. The summed E-state index contributed by atoms with van der Waals surface area (Å²) >= 11 is 2.35. The number of anilines is 1. The van der Waals surface area contributed by atoms with Gasteiger partial charge in [0.2, 0.25) is 0 Å². The molecule has 0 aliphatic rings. The van der Waals surface area contributed by atoms with Gasteiger partial charge in [0, 0.05) is 22.9 Å². The van der Waals surface area contributed by atoms with Gasteiger partial charge >= 0.3 is 0 Å². The molecule has 0 spiro atoms. The van der Waals surface area contributed by atoms with Gasteiger partial charge < -0.3 is 10.1 Å². The van der Waals surface area contributed by atoms with Gasteiger partial charge in [-0.3, -0.25) is 0 Å². The molecule has 0 amide bonds. The van der Waals surface area contributed by atoms with Crippen LogP contribution in [0.15, 0.2) is 18.2 Å². The number of hydrogen-bond acceptors (Lipinski definition) is 2. The molecule has 0 bridgehead atoms. The lowest BCUT2D eigenvalue weighted by Gasteiger charge is -2.14. The Bertz CT molecular complexity index is 301. The molecule has 1 atom stereocenters. The third-order valence-electron chi connectivity index (χ3n) is 2.25. The summed E-state index contributed by atoms with van der Waals surface area (Å²) in [4.78, 5) is 0. The van der Waals surface area contributed by atoms with Crippen molar-refractivity contribution in [2.24, 2.45) is 0 Å². The summed E-state index contributed by atoms with van der Waals surface area (Å²) in [5, 5.41) is 3.37. The molecule has 14 heavy (non-hydrogen) atoms. The summed E-state index contributed by atoms with van der Waals surface area (Å²) in [6.45, 7) is 5.02. The molecule has 2 nitrogen and oxygen atoms in total. The van der Waals surface area contributed by atoms with Crippen LogP contribution in [0, 0.1) is 10.5 Å². The normalized spacial score (nSPS) is 12.6. The van der Waals surface area contributed by atoms with Crippen molar-refractivity contribution in [3.63, 3.8) is 0 Å². The lowest BCUT2D eigenvalue weighted by Crippen LogP contribution is -2.18. The Morgan fingerprint density at radius 1 is 1.50 bits per heavy atom. The van der Waals surface area contributed by atoms with Crippen LogP contribution in [0.1, 0.15) is 12.5 Å². The van der Waals surface area contributed by atoms with E-state index in [4.69, 9.17) is 4.74 Å². The van der Waals surface area contributed by atoms with Crippen LogP contribution < -0.4 is 5.32 Å². The number of ether oxygens (including phenoxy) is 1. The fourth-order valence-electron chi connectivity index (χ4n) is 1.14. The number of rotatable bonds is 4. The van der Waals surface area contributed by atoms with Gasteiger partial charge in [0.15, 0.2) is 0 Å². The fraction of sp³-hybridized carbons (Fsp3) is 0.455. The molecule has 0 aliphatic heterocycles. The Kier molecular flexibility index (Phi) is 4.68. The maximum absolute atomic E-state index is 5.18. The van der Waals surface area contributed by atoms with E-state index in [-0.39, 0.29) is 6.10 Å². The van der Waals surface area contributed by atoms with Gasteiger partial charge in [0.1, 0.15) is 0 Å². The van der Waals surface area contributed by atoms with Crippen LogP contribution in [-0.2, 0) is 4.74 Å². The van der Waals surface area contributed by atoms with Crippen LogP contribution in [0.3, 0.4) is 0 Å². The van der Waals surface area contributed by atoms with Crippen molar-refractivity contribution in [1.82, 2.24) is 0 Å². The van der Waals surface area contributed by atoms with E-state index in [0.717, 1.165) is 6.54 Å². The largest absolute Gasteiger partial charge is 0.382 e. The third kappa shape index (κ3) is 3.13. The van der Waals surface area contributed by atoms with Gasteiger partial charge in [-0.15, -0.1) is 0 Å². The lowest BCUT2D eigenvalue weighted by molar-refractivity contribution is 0.129. The van der Waals surface area contributed by atoms with Gasteiger partial charge in [-0.1, -0.05) is 6.07 Å². The van der Waals surface area contributed by atoms with E-state index in [1.807, 2.05) is 0 Å². The van der Waals surface area contributed by atoms with Crippen LogP contribution in [0.25, 0.3) is 0 Å². The smallest absolute Gasteiger partial charge is 0.0715 e. The molecular formula is C11H16INO. The van der Waals surface area contributed by atoms with Crippen molar-refractivity contribution in [3.05, 3.63) is 27.3 Å². The Hall–Kier alpha value is -0.290. The maximum Gasteiger partial charge on any atom is 0.0715 e. The molecule has 0 saturated heterocycles. The van der Waals surface area contributed by atoms with Crippen molar-refractivity contribution in [1.29, 1.82) is 0 Å². The Balaban J connectivity index is 2.63. The summed E-state index contributed by atoms with van der Waals surface area (Å²) in [7, 11) is 1.73.